The monoisotopic (exact) mass is 578 g/mol. The molecule has 3 aromatic rings. The second-order valence-corrected chi connectivity index (χ2v) is 10.1. The number of anilines is 1. The summed E-state index contributed by atoms with van der Waals surface area (Å²) in [7, 11) is 0. The number of carbonyl (C=O) groups excluding carboxylic acids is 1. The first kappa shape index (κ1) is 29.1. The summed E-state index contributed by atoms with van der Waals surface area (Å²) < 4.78 is 81.0. The fourth-order valence-electron chi connectivity index (χ4n) is 5.02. The molecule has 5 rings (SSSR count). The van der Waals surface area contributed by atoms with Gasteiger partial charge in [0.2, 0.25) is 5.82 Å². The van der Waals surface area contributed by atoms with Crippen molar-refractivity contribution in [3.8, 4) is 0 Å². The zero-order chi connectivity index (χ0) is 29.3. The van der Waals surface area contributed by atoms with Crippen molar-refractivity contribution in [3.63, 3.8) is 0 Å². The number of β-amino-alcohol motifs (C(OH)–C–C–N with tert-alkyl or cyclic N) is 1. The Bertz CT molecular complexity index is 1380. The van der Waals surface area contributed by atoms with E-state index in [0.717, 1.165) is 17.7 Å². The lowest BCUT2D eigenvalue weighted by Crippen LogP contribution is -2.38. The van der Waals surface area contributed by atoms with E-state index in [9.17, 15) is 37.0 Å². The quantitative estimate of drug-likeness (QED) is 0.213. The number of likely N-dealkylation sites (tertiary alicyclic amines) is 1. The fraction of sp³-hybridized carbons (Fsp3) is 0.345. The number of aliphatic hydroxyl groups is 2. The highest BCUT2D eigenvalue weighted by atomic mass is 19.2. The largest absolute Gasteiger partial charge is 0.392 e. The highest BCUT2D eigenvalue weighted by Crippen LogP contribution is 2.38. The third kappa shape index (κ3) is 6.26. The van der Waals surface area contributed by atoms with Gasteiger partial charge in [-0.05, 0) is 29.7 Å². The second kappa shape index (κ2) is 12.2. The van der Waals surface area contributed by atoms with E-state index < -0.39 is 46.8 Å². The number of halogens is 5. The van der Waals surface area contributed by atoms with Gasteiger partial charge in [0.05, 0.1) is 24.9 Å². The molecule has 0 radical (unpaired) electrons. The molecule has 0 bridgehead atoms. The first-order chi connectivity index (χ1) is 19.6. The van der Waals surface area contributed by atoms with Gasteiger partial charge in [-0.25, -0.2) is 22.0 Å². The van der Waals surface area contributed by atoms with Crippen LogP contribution in [0, 0.1) is 29.1 Å². The van der Waals surface area contributed by atoms with Crippen molar-refractivity contribution >= 4 is 11.6 Å². The molecule has 3 N–H and O–H groups in total. The molecule has 3 aromatic carbocycles. The van der Waals surface area contributed by atoms with E-state index in [4.69, 9.17) is 9.47 Å². The number of rotatable bonds is 7. The number of amides is 1. The van der Waals surface area contributed by atoms with Crippen LogP contribution in [0.4, 0.5) is 27.6 Å². The van der Waals surface area contributed by atoms with Gasteiger partial charge in [-0.1, -0.05) is 36.4 Å². The van der Waals surface area contributed by atoms with Crippen LogP contribution in [0.2, 0.25) is 0 Å². The van der Waals surface area contributed by atoms with Crippen molar-refractivity contribution in [3.05, 3.63) is 99.9 Å². The molecule has 2 heterocycles. The number of nitrogens with zero attached hydrogens (tertiary/aromatic N) is 1. The molecule has 2 saturated heterocycles. The number of hydrogen-bond donors (Lipinski definition) is 3. The Morgan fingerprint density at radius 1 is 0.878 bits per heavy atom. The van der Waals surface area contributed by atoms with Crippen LogP contribution >= 0.6 is 0 Å². The highest BCUT2D eigenvalue weighted by molar-refractivity contribution is 6.04. The molecule has 0 saturated carbocycles. The number of aliphatic hydroxyl groups excluding tert-OH is 2. The predicted molar refractivity (Wildman–Crippen MR) is 136 cm³/mol. The fourth-order valence-corrected chi connectivity index (χ4v) is 5.02. The van der Waals surface area contributed by atoms with Gasteiger partial charge in [0.25, 0.3) is 5.91 Å². The third-order valence-electron chi connectivity index (χ3n) is 7.20. The lowest BCUT2D eigenvalue weighted by Gasteiger charge is -2.37. The molecule has 2 aliphatic rings. The minimum Gasteiger partial charge on any atom is -0.392 e. The van der Waals surface area contributed by atoms with Crippen LogP contribution in [-0.2, 0) is 16.1 Å². The maximum atomic E-state index is 14.0. The zero-order valence-corrected chi connectivity index (χ0v) is 21.6. The molecule has 4 atom stereocenters. The molecule has 0 unspecified atom stereocenters. The van der Waals surface area contributed by atoms with Crippen LogP contribution in [0.15, 0.2) is 48.5 Å². The Hall–Kier alpha value is -3.42. The second-order valence-electron chi connectivity index (χ2n) is 10.1. The van der Waals surface area contributed by atoms with E-state index in [2.05, 4.69) is 10.2 Å². The number of ether oxygens (including phenoxy) is 2. The smallest absolute Gasteiger partial charge is 0.261 e. The molecule has 7 nitrogen and oxygen atoms in total. The maximum absolute atomic E-state index is 14.0. The Morgan fingerprint density at radius 3 is 2.07 bits per heavy atom. The summed E-state index contributed by atoms with van der Waals surface area (Å²) in [6, 6.07) is 13.2. The summed E-state index contributed by atoms with van der Waals surface area (Å²) in [5.41, 5.74) is 0.645. The van der Waals surface area contributed by atoms with Gasteiger partial charge >= 0.3 is 0 Å². The first-order valence-electron chi connectivity index (χ1n) is 13.0. The number of carbonyl (C=O) groups is 1. The Morgan fingerprint density at radius 2 is 1.49 bits per heavy atom. The van der Waals surface area contributed by atoms with Gasteiger partial charge in [-0.3, -0.25) is 9.69 Å². The van der Waals surface area contributed by atoms with Gasteiger partial charge in [0.1, 0.15) is 5.56 Å². The number of nitrogens with one attached hydrogen (secondary N) is 1. The summed E-state index contributed by atoms with van der Waals surface area (Å²) in [5.74, 6) is -12.7. The average Bonchev–Trinajstić information content (AvgIpc) is 3.39. The van der Waals surface area contributed by atoms with Crippen LogP contribution in [0.25, 0.3) is 0 Å². The Kier molecular flexibility index (Phi) is 8.66. The molecule has 0 aromatic heterocycles. The van der Waals surface area contributed by atoms with Crippen molar-refractivity contribution in [2.24, 2.45) is 0 Å². The molecular formula is C29H27F5N2O5. The van der Waals surface area contributed by atoms with Crippen molar-refractivity contribution in [2.75, 3.05) is 25.0 Å². The Balaban J connectivity index is 1.33. The predicted octanol–water partition coefficient (Wildman–Crippen LogP) is 4.74. The molecule has 0 spiro atoms. The van der Waals surface area contributed by atoms with Crippen molar-refractivity contribution < 1.29 is 46.4 Å². The average molecular weight is 579 g/mol. The summed E-state index contributed by atoms with van der Waals surface area (Å²) in [6.45, 7) is 1.75. The van der Waals surface area contributed by atoms with E-state index in [1.807, 2.05) is 12.1 Å². The molecule has 2 aliphatic heterocycles. The lowest BCUT2D eigenvalue weighted by molar-refractivity contribution is -0.252. The van der Waals surface area contributed by atoms with Gasteiger partial charge in [-0.2, -0.15) is 0 Å². The maximum Gasteiger partial charge on any atom is 0.261 e. The van der Waals surface area contributed by atoms with E-state index in [0.29, 0.717) is 31.5 Å². The number of hydrogen-bond acceptors (Lipinski definition) is 6. The van der Waals surface area contributed by atoms with Crippen LogP contribution in [-0.4, -0.2) is 52.9 Å². The van der Waals surface area contributed by atoms with Crippen molar-refractivity contribution in [1.82, 2.24) is 4.90 Å². The van der Waals surface area contributed by atoms with Crippen molar-refractivity contribution in [1.29, 1.82) is 0 Å². The third-order valence-corrected chi connectivity index (χ3v) is 7.20. The van der Waals surface area contributed by atoms with E-state index in [1.54, 1.807) is 24.3 Å². The topological polar surface area (TPSA) is 91.3 Å². The van der Waals surface area contributed by atoms with Crippen LogP contribution in [0.5, 0.6) is 0 Å². The summed E-state index contributed by atoms with van der Waals surface area (Å²) in [6.07, 6.45) is -0.610. The minimum atomic E-state index is -2.35. The first-order valence-corrected chi connectivity index (χ1v) is 13.0. The van der Waals surface area contributed by atoms with Crippen LogP contribution < -0.4 is 5.32 Å². The lowest BCUT2D eigenvalue weighted by atomic mass is 9.99. The molecule has 41 heavy (non-hydrogen) atoms. The molecular weight excluding hydrogens is 551 g/mol. The van der Waals surface area contributed by atoms with Crippen molar-refractivity contribution in [2.45, 2.75) is 44.1 Å². The molecule has 12 heteroatoms. The van der Waals surface area contributed by atoms with E-state index >= 15 is 0 Å². The van der Waals surface area contributed by atoms with Crippen LogP contribution in [0.3, 0.4) is 0 Å². The normalized spacial score (nSPS) is 23.1. The SMILES string of the molecule is O=C(Nc1ccc([C@H]2O[C@@H](CN3CC[C@H](O)C3)C[C@@H](c3ccc(CO)cc3)O2)cc1)c1c(F)c(F)c(F)c(F)c1F. The van der Waals surface area contributed by atoms with E-state index in [1.165, 1.54) is 12.1 Å². The summed E-state index contributed by atoms with van der Waals surface area (Å²) >= 11 is 0. The molecule has 2 fully saturated rings. The summed E-state index contributed by atoms with van der Waals surface area (Å²) in [4.78, 5) is 14.5. The zero-order valence-electron chi connectivity index (χ0n) is 21.6. The van der Waals surface area contributed by atoms with Crippen LogP contribution in [0.1, 0.15) is 52.3 Å². The standard InChI is InChI=1S/C29H27F5N2O5/c30-23-22(24(31)26(33)27(34)25(23)32)28(39)35-18-7-5-17(6-8-18)29-40-20(13-36-10-9-19(38)12-36)11-21(41-29)16-3-1-15(14-37)2-4-16/h1-8,19-21,29,37-38H,9-14H2,(H,35,39)/t19-,20+,21-,29-/m0/s1. The van der Waals surface area contributed by atoms with Gasteiger partial charge in [-0.15, -0.1) is 0 Å². The summed E-state index contributed by atoms with van der Waals surface area (Å²) in [5, 5.41) is 21.4. The molecule has 218 valence electrons. The Labute approximate surface area is 232 Å². The van der Waals surface area contributed by atoms with Gasteiger partial charge < -0.3 is 25.0 Å². The van der Waals surface area contributed by atoms with Gasteiger partial charge in [0.15, 0.2) is 29.6 Å². The van der Waals surface area contributed by atoms with E-state index in [-0.39, 0.29) is 30.6 Å². The minimum absolute atomic E-state index is 0.0391. The highest BCUT2D eigenvalue weighted by Gasteiger charge is 2.35. The molecule has 1 amide bonds. The molecule has 0 aliphatic carbocycles. The number of benzene rings is 3. The van der Waals surface area contributed by atoms with Gasteiger partial charge in [0, 0.05) is 37.3 Å².